The highest BCUT2D eigenvalue weighted by Gasteiger charge is 2.35. The minimum atomic E-state index is -0.260. The van der Waals surface area contributed by atoms with E-state index in [1.165, 1.54) is 0 Å². The third kappa shape index (κ3) is 1.68. The zero-order valence-electron chi connectivity index (χ0n) is 12.1. The van der Waals surface area contributed by atoms with Gasteiger partial charge in [0.05, 0.1) is 5.02 Å². The van der Waals surface area contributed by atoms with Gasteiger partial charge in [0, 0.05) is 36.6 Å². The topological polar surface area (TPSA) is 72.7 Å². The molecule has 0 bridgehead atoms. The lowest BCUT2D eigenvalue weighted by Gasteiger charge is -2.36. The Bertz CT molecular complexity index is 817. The van der Waals surface area contributed by atoms with E-state index < -0.39 is 0 Å². The maximum absolute atomic E-state index is 10.3. The number of hydrogen-bond acceptors (Lipinski definition) is 4. The van der Waals surface area contributed by atoms with E-state index in [9.17, 15) is 15.3 Å². The fraction of sp³-hybridized carbons (Fsp3) is 0.294. The average Bonchev–Trinajstić information content (AvgIpc) is 2.50. The number of benzene rings is 2. The van der Waals surface area contributed by atoms with Crippen LogP contribution in [-0.4, -0.2) is 21.9 Å². The lowest BCUT2D eigenvalue weighted by atomic mass is 9.72. The van der Waals surface area contributed by atoms with Crippen LogP contribution in [0.15, 0.2) is 12.1 Å². The lowest BCUT2D eigenvalue weighted by Crippen LogP contribution is -2.33. The summed E-state index contributed by atoms with van der Waals surface area (Å²) in [5, 5.41) is 33.9. The molecule has 2 aromatic rings. The van der Waals surface area contributed by atoms with Crippen molar-refractivity contribution in [2.45, 2.75) is 25.8 Å². The van der Waals surface area contributed by atoms with Crippen LogP contribution in [0.2, 0.25) is 5.02 Å². The second-order valence-electron chi connectivity index (χ2n) is 6.07. The first-order chi connectivity index (χ1) is 10.5. The van der Waals surface area contributed by atoms with Gasteiger partial charge in [-0.05, 0) is 41.3 Å². The van der Waals surface area contributed by atoms with Crippen LogP contribution in [0.5, 0.6) is 17.2 Å². The van der Waals surface area contributed by atoms with Crippen molar-refractivity contribution in [1.29, 1.82) is 0 Å². The van der Waals surface area contributed by atoms with Crippen LogP contribution in [0.25, 0.3) is 0 Å². The lowest BCUT2D eigenvalue weighted by molar-refractivity contribution is 0.397. The van der Waals surface area contributed by atoms with Crippen LogP contribution in [-0.2, 0) is 13.0 Å². The molecule has 22 heavy (non-hydrogen) atoms. The molecule has 4 rings (SSSR count). The maximum Gasteiger partial charge on any atom is 0.176 e. The minimum Gasteiger partial charge on any atom is -0.508 e. The molecule has 0 amide bonds. The van der Waals surface area contributed by atoms with Crippen molar-refractivity contribution >= 4 is 11.6 Å². The maximum atomic E-state index is 10.3. The Morgan fingerprint density at radius 1 is 1.09 bits per heavy atom. The first-order valence-corrected chi connectivity index (χ1v) is 7.65. The summed E-state index contributed by atoms with van der Waals surface area (Å²) in [6, 6.07) is 3.51. The fourth-order valence-electron chi connectivity index (χ4n) is 3.82. The molecule has 4 N–H and O–H groups in total. The van der Waals surface area contributed by atoms with Crippen molar-refractivity contribution in [1.82, 2.24) is 5.32 Å². The monoisotopic (exact) mass is 317 g/mol. The molecule has 2 aliphatic rings. The molecule has 0 aromatic heterocycles. The fourth-order valence-corrected chi connectivity index (χ4v) is 4.03. The SMILES string of the molecule is Cc1cc(O)c2c3c1Cc1c(cc(Cl)c(O)c1O)C3CNC2. The van der Waals surface area contributed by atoms with Gasteiger partial charge in [0.2, 0.25) is 0 Å². The van der Waals surface area contributed by atoms with Crippen molar-refractivity contribution in [3.8, 4) is 17.2 Å². The average molecular weight is 318 g/mol. The molecular formula is C17H16ClNO3. The van der Waals surface area contributed by atoms with E-state index >= 15 is 0 Å². The van der Waals surface area contributed by atoms with Crippen LogP contribution in [0.1, 0.15) is 39.3 Å². The second kappa shape index (κ2) is 4.54. The number of phenols is 3. The molecule has 114 valence electrons. The van der Waals surface area contributed by atoms with Crippen LogP contribution in [0, 0.1) is 6.92 Å². The molecule has 1 atom stereocenters. The summed E-state index contributed by atoms with van der Waals surface area (Å²) in [4.78, 5) is 0. The van der Waals surface area contributed by atoms with E-state index in [2.05, 4.69) is 5.32 Å². The number of aryl methyl sites for hydroxylation is 1. The number of phenolic OH excluding ortho intramolecular Hbond substituents is 3. The van der Waals surface area contributed by atoms with Crippen LogP contribution in [0.3, 0.4) is 0 Å². The van der Waals surface area contributed by atoms with Crippen molar-refractivity contribution in [3.63, 3.8) is 0 Å². The van der Waals surface area contributed by atoms with Gasteiger partial charge in [-0.3, -0.25) is 0 Å². The summed E-state index contributed by atoms with van der Waals surface area (Å²) in [5.41, 5.74) is 5.84. The highest BCUT2D eigenvalue weighted by Crippen LogP contribution is 2.50. The van der Waals surface area contributed by atoms with Crippen molar-refractivity contribution in [2.75, 3.05) is 6.54 Å². The highest BCUT2D eigenvalue weighted by atomic mass is 35.5. The quantitative estimate of drug-likeness (QED) is 0.564. The summed E-state index contributed by atoms with van der Waals surface area (Å²) in [7, 11) is 0. The van der Waals surface area contributed by atoms with Gasteiger partial charge in [-0.1, -0.05) is 11.6 Å². The molecule has 0 spiro atoms. The molecule has 0 saturated carbocycles. The number of halogens is 1. The highest BCUT2D eigenvalue weighted by molar-refractivity contribution is 6.32. The Kier molecular flexibility index (Phi) is 2.83. The van der Waals surface area contributed by atoms with Gasteiger partial charge >= 0.3 is 0 Å². The predicted octanol–water partition coefficient (Wildman–Crippen LogP) is 2.90. The molecule has 1 heterocycles. The standard InChI is InChI=1S/C17H16ClNO3/c1-7-2-14(20)12-6-19-5-11-9-4-13(18)17(22)16(21)10(9)3-8(7)15(11)12/h2,4,11,19-22H,3,5-6H2,1H3. The summed E-state index contributed by atoms with van der Waals surface area (Å²) in [6.45, 7) is 3.32. The zero-order chi connectivity index (χ0) is 15.6. The van der Waals surface area contributed by atoms with E-state index in [1.807, 2.05) is 6.92 Å². The van der Waals surface area contributed by atoms with Gasteiger partial charge in [0.1, 0.15) is 5.75 Å². The number of aromatic hydroxyl groups is 3. The molecule has 1 aliphatic carbocycles. The van der Waals surface area contributed by atoms with Gasteiger partial charge in [0.15, 0.2) is 11.5 Å². The first kappa shape index (κ1) is 13.7. The summed E-state index contributed by atoms with van der Waals surface area (Å²) >= 11 is 6.04. The number of rotatable bonds is 0. The smallest absolute Gasteiger partial charge is 0.176 e. The number of nitrogens with one attached hydrogen (secondary N) is 1. The van der Waals surface area contributed by atoms with E-state index in [1.54, 1.807) is 12.1 Å². The van der Waals surface area contributed by atoms with Gasteiger partial charge in [0.25, 0.3) is 0 Å². The third-order valence-electron chi connectivity index (χ3n) is 4.88. The normalized spacial score (nSPS) is 18.7. The number of hydrogen-bond donors (Lipinski definition) is 4. The van der Waals surface area contributed by atoms with E-state index in [0.29, 0.717) is 18.7 Å². The molecular weight excluding hydrogens is 302 g/mol. The van der Waals surface area contributed by atoms with Gasteiger partial charge in [-0.25, -0.2) is 0 Å². The van der Waals surface area contributed by atoms with Gasteiger partial charge in [-0.15, -0.1) is 0 Å². The molecule has 0 radical (unpaired) electrons. The Hall–Kier alpha value is -1.91. The molecule has 0 saturated heterocycles. The van der Waals surface area contributed by atoms with E-state index in [0.717, 1.165) is 39.9 Å². The molecule has 2 aromatic carbocycles. The summed E-state index contributed by atoms with van der Waals surface area (Å²) < 4.78 is 0. The van der Waals surface area contributed by atoms with Crippen LogP contribution in [0.4, 0.5) is 0 Å². The Balaban J connectivity index is 2.04. The molecule has 4 nitrogen and oxygen atoms in total. The largest absolute Gasteiger partial charge is 0.508 e. The van der Waals surface area contributed by atoms with Crippen LogP contribution < -0.4 is 5.32 Å². The number of fused-ring (bicyclic) bond motifs is 2. The van der Waals surface area contributed by atoms with Crippen molar-refractivity contribution in [2.24, 2.45) is 0 Å². The van der Waals surface area contributed by atoms with E-state index in [4.69, 9.17) is 11.6 Å². The first-order valence-electron chi connectivity index (χ1n) is 7.27. The van der Waals surface area contributed by atoms with Crippen molar-refractivity contribution < 1.29 is 15.3 Å². The third-order valence-corrected chi connectivity index (χ3v) is 5.17. The molecule has 1 unspecified atom stereocenters. The molecule has 0 fully saturated rings. The zero-order valence-corrected chi connectivity index (χ0v) is 12.8. The Morgan fingerprint density at radius 3 is 2.64 bits per heavy atom. The van der Waals surface area contributed by atoms with E-state index in [-0.39, 0.29) is 22.4 Å². The van der Waals surface area contributed by atoms with Gasteiger partial charge in [-0.2, -0.15) is 0 Å². The molecule has 1 aliphatic heterocycles. The van der Waals surface area contributed by atoms with Gasteiger partial charge < -0.3 is 20.6 Å². The Labute approximate surface area is 133 Å². The van der Waals surface area contributed by atoms with Crippen molar-refractivity contribution in [3.05, 3.63) is 50.5 Å². The predicted molar refractivity (Wildman–Crippen MR) is 84.0 cm³/mol. The van der Waals surface area contributed by atoms with Crippen LogP contribution >= 0.6 is 11.6 Å². The summed E-state index contributed by atoms with van der Waals surface area (Å²) in [6.07, 6.45) is 0.539. The molecule has 5 heteroatoms. The second-order valence-corrected chi connectivity index (χ2v) is 6.47. The summed E-state index contributed by atoms with van der Waals surface area (Å²) in [5.74, 6) is -0.0552. The Morgan fingerprint density at radius 2 is 1.86 bits per heavy atom. The minimum absolute atomic E-state index is 0.0253.